The smallest absolute Gasteiger partial charge is 0.336 e. The average Bonchev–Trinajstić information content (AvgIpc) is 2.27. The Hall–Kier alpha value is -0.830. The molecular weight excluding hydrogens is 204 g/mol. The van der Waals surface area contributed by atoms with Gasteiger partial charge in [-0.15, -0.1) is 0 Å². The molecule has 0 bridgehead atoms. The lowest BCUT2D eigenvalue weighted by Crippen LogP contribution is -2.29. The maximum Gasteiger partial charge on any atom is 0.336 e. The zero-order valence-electron chi connectivity index (χ0n) is 10.2. The van der Waals surface area contributed by atoms with Crippen molar-refractivity contribution in [2.24, 2.45) is 5.92 Å². The van der Waals surface area contributed by atoms with Crippen molar-refractivity contribution in [2.45, 2.75) is 58.2 Å². The van der Waals surface area contributed by atoms with Gasteiger partial charge in [0.2, 0.25) is 0 Å². The molecule has 0 radical (unpaired) electrons. The molecule has 1 atom stereocenters. The fraction of sp³-hybridized carbons (Fsp3) is 0.769. The van der Waals surface area contributed by atoms with Crippen molar-refractivity contribution in [3.8, 4) is 0 Å². The topological polar surface area (TPSA) is 46.5 Å². The van der Waals surface area contributed by atoms with Gasteiger partial charge in [-0.2, -0.15) is 0 Å². The number of carbonyl (C=O) groups is 1. The lowest BCUT2D eigenvalue weighted by Gasteiger charge is -2.27. The van der Waals surface area contributed by atoms with Gasteiger partial charge in [-0.3, -0.25) is 0 Å². The van der Waals surface area contributed by atoms with E-state index in [2.05, 4.69) is 6.58 Å². The molecule has 1 unspecified atom stereocenters. The Kier molecular flexibility index (Phi) is 5.00. The van der Waals surface area contributed by atoms with Gasteiger partial charge in [0.25, 0.3) is 0 Å². The van der Waals surface area contributed by atoms with Crippen LogP contribution in [-0.4, -0.2) is 23.3 Å². The monoisotopic (exact) mass is 226 g/mol. The Balaban J connectivity index is 2.48. The van der Waals surface area contributed by atoms with Crippen molar-refractivity contribution < 1.29 is 14.6 Å². The Morgan fingerprint density at radius 1 is 1.31 bits per heavy atom. The molecule has 0 aromatic rings. The van der Waals surface area contributed by atoms with Crippen molar-refractivity contribution in [2.75, 3.05) is 0 Å². The molecule has 0 aromatic carbocycles. The predicted molar refractivity (Wildman–Crippen MR) is 62.9 cm³/mol. The first-order valence-corrected chi connectivity index (χ1v) is 6.10. The van der Waals surface area contributed by atoms with Gasteiger partial charge >= 0.3 is 5.97 Å². The number of esters is 1. The minimum atomic E-state index is -0.730. The third-order valence-corrected chi connectivity index (χ3v) is 3.06. The van der Waals surface area contributed by atoms with E-state index in [1.807, 2.05) is 0 Å². The number of carbonyl (C=O) groups excluding carboxylic acids is 1. The molecule has 3 heteroatoms. The lowest BCUT2D eigenvalue weighted by atomic mass is 9.83. The summed E-state index contributed by atoms with van der Waals surface area (Å²) in [6.45, 7) is 7.24. The predicted octanol–water partition coefficient (Wildman–Crippen LogP) is 2.44. The second-order valence-electron chi connectivity index (χ2n) is 4.82. The van der Waals surface area contributed by atoms with Crippen LogP contribution in [0.3, 0.4) is 0 Å². The Morgan fingerprint density at radius 2 is 1.88 bits per heavy atom. The third-order valence-electron chi connectivity index (χ3n) is 3.06. The van der Waals surface area contributed by atoms with Crippen LogP contribution >= 0.6 is 0 Å². The van der Waals surface area contributed by atoms with Gasteiger partial charge < -0.3 is 9.84 Å². The number of ether oxygens (including phenoxy) is 1. The number of hydrogen-bond acceptors (Lipinski definition) is 3. The van der Waals surface area contributed by atoms with E-state index in [-0.39, 0.29) is 17.6 Å². The maximum atomic E-state index is 11.6. The molecule has 0 aromatic heterocycles. The molecule has 1 N–H and O–H groups in total. The fourth-order valence-corrected chi connectivity index (χ4v) is 2.14. The first-order chi connectivity index (χ1) is 7.52. The van der Waals surface area contributed by atoms with Crippen molar-refractivity contribution >= 4 is 5.97 Å². The van der Waals surface area contributed by atoms with Crippen LogP contribution in [0.5, 0.6) is 0 Å². The van der Waals surface area contributed by atoms with E-state index in [1.165, 1.54) is 6.42 Å². The quantitative estimate of drug-likeness (QED) is 0.591. The van der Waals surface area contributed by atoms with Crippen LogP contribution in [0.25, 0.3) is 0 Å². The lowest BCUT2D eigenvalue weighted by molar-refractivity contribution is -0.144. The molecule has 0 saturated heterocycles. The molecule has 1 rings (SSSR count). The second kappa shape index (κ2) is 6.04. The van der Waals surface area contributed by atoms with E-state index in [4.69, 9.17) is 4.74 Å². The average molecular weight is 226 g/mol. The molecule has 16 heavy (non-hydrogen) atoms. The summed E-state index contributed by atoms with van der Waals surface area (Å²) < 4.78 is 5.03. The van der Waals surface area contributed by atoms with E-state index in [9.17, 15) is 9.90 Å². The molecule has 0 amide bonds. The summed E-state index contributed by atoms with van der Waals surface area (Å²) in [7, 11) is 0. The van der Waals surface area contributed by atoms with Crippen LogP contribution in [0.2, 0.25) is 0 Å². The van der Waals surface area contributed by atoms with Gasteiger partial charge in [0.1, 0.15) is 0 Å². The second-order valence-corrected chi connectivity index (χ2v) is 4.82. The van der Waals surface area contributed by atoms with Gasteiger partial charge in [-0.1, -0.05) is 25.8 Å². The summed E-state index contributed by atoms with van der Waals surface area (Å²) in [5, 5.41) is 10.0. The van der Waals surface area contributed by atoms with Gasteiger partial charge in [-0.05, 0) is 32.6 Å². The van der Waals surface area contributed by atoms with Crippen LogP contribution < -0.4 is 0 Å². The largest absolute Gasteiger partial charge is 0.460 e. The first kappa shape index (κ1) is 13.2. The van der Waals surface area contributed by atoms with Gasteiger partial charge in [0.15, 0.2) is 0 Å². The first-order valence-electron chi connectivity index (χ1n) is 6.10. The van der Waals surface area contributed by atoms with Gasteiger partial charge in [0, 0.05) is 0 Å². The van der Waals surface area contributed by atoms with E-state index < -0.39 is 12.1 Å². The van der Waals surface area contributed by atoms with E-state index in [1.54, 1.807) is 13.8 Å². The molecule has 0 heterocycles. The number of aliphatic hydroxyl groups is 1. The fourth-order valence-electron chi connectivity index (χ4n) is 2.14. The summed E-state index contributed by atoms with van der Waals surface area (Å²) >= 11 is 0. The Morgan fingerprint density at radius 3 is 2.38 bits per heavy atom. The number of aliphatic hydroxyl groups excluding tert-OH is 1. The highest BCUT2D eigenvalue weighted by Crippen LogP contribution is 2.29. The molecule has 1 saturated carbocycles. The van der Waals surface area contributed by atoms with Gasteiger partial charge in [-0.25, -0.2) is 4.79 Å². The third kappa shape index (κ3) is 3.63. The molecule has 3 nitrogen and oxygen atoms in total. The molecule has 92 valence electrons. The van der Waals surface area contributed by atoms with Crippen molar-refractivity contribution in [1.82, 2.24) is 0 Å². The normalized spacial score (nSPS) is 19.5. The minimum Gasteiger partial charge on any atom is -0.460 e. The highest BCUT2D eigenvalue weighted by molar-refractivity contribution is 5.88. The Labute approximate surface area is 97.5 Å². The Bertz CT molecular complexity index is 252. The highest BCUT2D eigenvalue weighted by atomic mass is 16.5. The van der Waals surface area contributed by atoms with E-state index in [0.29, 0.717) is 0 Å². The minimum absolute atomic E-state index is 0.164. The van der Waals surface area contributed by atoms with Crippen molar-refractivity contribution in [1.29, 1.82) is 0 Å². The molecule has 1 aliphatic carbocycles. The van der Waals surface area contributed by atoms with Crippen molar-refractivity contribution in [3.63, 3.8) is 0 Å². The number of hydrogen-bond donors (Lipinski definition) is 1. The highest BCUT2D eigenvalue weighted by Gasteiger charge is 2.28. The van der Waals surface area contributed by atoms with Crippen LogP contribution in [0.15, 0.2) is 12.2 Å². The summed E-state index contributed by atoms with van der Waals surface area (Å²) in [5.74, 6) is -0.283. The summed E-state index contributed by atoms with van der Waals surface area (Å²) in [5.41, 5.74) is 0.209. The maximum absolute atomic E-state index is 11.6. The SMILES string of the molecule is C=C(C(=O)OC(C)C)C(O)C1CCCCC1. The standard InChI is InChI=1S/C13H22O3/c1-9(2)16-13(15)10(3)12(14)11-7-5-4-6-8-11/h9,11-12,14H,3-8H2,1-2H3. The molecular formula is C13H22O3. The summed E-state index contributed by atoms with van der Waals surface area (Å²) in [6.07, 6.45) is 4.56. The molecule has 1 fully saturated rings. The summed E-state index contributed by atoms with van der Waals surface area (Å²) in [4.78, 5) is 11.6. The molecule has 0 aliphatic heterocycles. The zero-order valence-corrected chi connectivity index (χ0v) is 10.2. The van der Waals surface area contributed by atoms with Gasteiger partial charge in [0.05, 0.1) is 17.8 Å². The zero-order chi connectivity index (χ0) is 12.1. The molecule has 1 aliphatic rings. The van der Waals surface area contributed by atoms with Crippen LogP contribution in [0.1, 0.15) is 46.0 Å². The molecule has 0 spiro atoms. The number of rotatable bonds is 4. The van der Waals surface area contributed by atoms with Crippen LogP contribution in [0.4, 0.5) is 0 Å². The van der Waals surface area contributed by atoms with Crippen LogP contribution in [0, 0.1) is 5.92 Å². The van der Waals surface area contributed by atoms with E-state index >= 15 is 0 Å². The summed E-state index contributed by atoms with van der Waals surface area (Å²) in [6, 6.07) is 0. The van der Waals surface area contributed by atoms with Crippen LogP contribution in [-0.2, 0) is 9.53 Å². The van der Waals surface area contributed by atoms with Crippen molar-refractivity contribution in [3.05, 3.63) is 12.2 Å². The van der Waals surface area contributed by atoms with E-state index in [0.717, 1.165) is 25.7 Å².